The van der Waals surface area contributed by atoms with Crippen LogP contribution in [0.1, 0.15) is 38.3 Å². The molecule has 0 aromatic carbocycles. The van der Waals surface area contributed by atoms with E-state index in [0.29, 0.717) is 6.10 Å². The second-order valence-electron chi connectivity index (χ2n) is 5.26. The Bertz CT molecular complexity index is 367. The van der Waals surface area contributed by atoms with Crippen LogP contribution in [0.5, 0.6) is 0 Å². The Morgan fingerprint density at radius 1 is 1.33 bits per heavy atom. The largest absolute Gasteiger partial charge is 0.376 e. The van der Waals surface area contributed by atoms with Gasteiger partial charge in [-0.1, -0.05) is 25.8 Å². The first-order chi connectivity index (χ1) is 8.75. The van der Waals surface area contributed by atoms with Gasteiger partial charge in [0.15, 0.2) is 0 Å². The second kappa shape index (κ2) is 6.74. The van der Waals surface area contributed by atoms with Crippen LogP contribution in [0.2, 0.25) is 0 Å². The van der Waals surface area contributed by atoms with E-state index < -0.39 is 0 Å². The summed E-state index contributed by atoms with van der Waals surface area (Å²) < 4.78 is 5.96. The molecule has 1 fully saturated rings. The van der Waals surface area contributed by atoms with Crippen molar-refractivity contribution >= 4 is 5.82 Å². The fourth-order valence-corrected chi connectivity index (χ4v) is 2.56. The summed E-state index contributed by atoms with van der Waals surface area (Å²) in [5.41, 5.74) is 1.04. The number of hydrogen-bond acceptors (Lipinski definition) is 3. The molecule has 1 aromatic heterocycles. The van der Waals surface area contributed by atoms with Gasteiger partial charge in [0, 0.05) is 12.2 Å². The molecule has 1 aliphatic carbocycles. The second-order valence-corrected chi connectivity index (χ2v) is 5.26. The van der Waals surface area contributed by atoms with E-state index >= 15 is 0 Å². The molecule has 18 heavy (non-hydrogen) atoms. The number of hydrogen-bond donors (Lipinski definition) is 1. The van der Waals surface area contributed by atoms with Crippen molar-refractivity contribution in [2.75, 3.05) is 18.5 Å². The number of pyridine rings is 1. The minimum Gasteiger partial charge on any atom is -0.376 e. The molecule has 0 radical (unpaired) electrons. The Hall–Kier alpha value is -1.09. The SMILES string of the molecule is Cc1cccc(NCCOC2CCCCC2C)n1. The van der Waals surface area contributed by atoms with Gasteiger partial charge in [0.2, 0.25) is 0 Å². The Morgan fingerprint density at radius 2 is 2.17 bits per heavy atom. The first kappa shape index (κ1) is 13.3. The van der Waals surface area contributed by atoms with E-state index in [4.69, 9.17) is 4.74 Å². The number of aryl methyl sites for hydroxylation is 1. The monoisotopic (exact) mass is 248 g/mol. The van der Waals surface area contributed by atoms with Crippen LogP contribution in [0.4, 0.5) is 5.82 Å². The minimum absolute atomic E-state index is 0.464. The van der Waals surface area contributed by atoms with Crippen molar-refractivity contribution < 1.29 is 4.74 Å². The Balaban J connectivity index is 1.66. The molecule has 3 nitrogen and oxygen atoms in total. The maximum absolute atomic E-state index is 5.96. The average molecular weight is 248 g/mol. The summed E-state index contributed by atoms with van der Waals surface area (Å²) in [4.78, 5) is 4.41. The molecule has 0 saturated heterocycles. The van der Waals surface area contributed by atoms with Gasteiger partial charge in [-0.05, 0) is 37.8 Å². The molecule has 0 amide bonds. The number of nitrogens with one attached hydrogen (secondary N) is 1. The number of nitrogens with zero attached hydrogens (tertiary/aromatic N) is 1. The van der Waals surface area contributed by atoms with Crippen molar-refractivity contribution in [3.8, 4) is 0 Å². The molecular formula is C15H24N2O. The highest BCUT2D eigenvalue weighted by Gasteiger charge is 2.21. The van der Waals surface area contributed by atoms with Gasteiger partial charge in [-0.15, -0.1) is 0 Å². The van der Waals surface area contributed by atoms with E-state index in [9.17, 15) is 0 Å². The summed E-state index contributed by atoms with van der Waals surface area (Å²) in [6.45, 7) is 5.91. The third-order valence-electron chi connectivity index (χ3n) is 3.66. The van der Waals surface area contributed by atoms with E-state index in [1.54, 1.807) is 0 Å². The molecule has 2 rings (SSSR count). The van der Waals surface area contributed by atoms with Crippen LogP contribution >= 0.6 is 0 Å². The lowest BCUT2D eigenvalue weighted by atomic mass is 9.88. The molecule has 3 heteroatoms. The van der Waals surface area contributed by atoms with Crippen LogP contribution in [0, 0.1) is 12.8 Å². The summed E-state index contributed by atoms with van der Waals surface area (Å²) in [6.07, 6.45) is 5.70. The predicted molar refractivity (Wildman–Crippen MR) is 74.8 cm³/mol. The third kappa shape index (κ3) is 3.98. The van der Waals surface area contributed by atoms with Gasteiger partial charge < -0.3 is 10.1 Å². The number of anilines is 1. The van der Waals surface area contributed by atoms with Gasteiger partial charge in [0.1, 0.15) is 5.82 Å². The van der Waals surface area contributed by atoms with E-state index in [0.717, 1.165) is 30.6 Å². The van der Waals surface area contributed by atoms with Crippen LogP contribution in [0.3, 0.4) is 0 Å². The topological polar surface area (TPSA) is 34.1 Å². The zero-order valence-corrected chi connectivity index (χ0v) is 11.5. The van der Waals surface area contributed by atoms with Gasteiger partial charge in [-0.3, -0.25) is 0 Å². The summed E-state index contributed by atoms with van der Waals surface area (Å²) in [5, 5.41) is 3.30. The summed E-state index contributed by atoms with van der Waals surface area (Å²) in [7, 11) is 0. The minimum atomic E-state index is 0.464. The van der Waals surface area contributed by atoms with Crippen molar-refractivity contribution in [2.24, 2.45) is 5.92 Å². The fraction of sp³-hybridized carbons (Fsp3) is 0.667. The fourth-order valence-electron chi connectivity index (χ4n) is 2.56. The van der Waals surface area contributed by atoms with Crippen LogP contribution in [-0.4, -0.2) is 24.2 Å². The molecule has 0 aliphatic heterocycles. The highest BCUT2D eigenvalue weighted by Crippen LogP contribution is 2.26. The lowest BCUT2D eigenvalue weighted by Crippen LogP contribution is -2.27. The first-order valence-electron chi connectivity index (χ1n) is 7.05. The molecule has 2 atom stereocenters. The van der Waals surface area contributed by atoms with Crippen molar-refractivity contribution in [1.29, 1.82) is 0 Å². The molecule has 0 bridgehead atoms. The number of aromatic nitrogens is 1. The summed E-state index contributed by atoms with van der Waals surface area (Å²) in [6, 6.07) is 6.02. The highest BCUT2D eigenvalue weighted by atomic mass is 16.5. The maximum atomic E-state index is 5.96. The predicted octanol–water partition coefficient (Wildman–Crippen LogP) is 3.40. The normalized spacial score (nSPS) is 23.9. The molecule has 1 saturated carbocycles. The van der Waals surface area contributed by atoms with Gasteiger partial charge in [0.25, 0.3) is 0 Å². The Morgan fingerprint density at radius 3 is 2.94 bits per heavy atom. The molecule has 2 unspecified atom stereocenters. The van der Waals surface area contributed by atoms with E-state index in [-0.39, 0.29) is 0 Å². The molecule has 1 aliphatic rings. The van der Waals surface area contributed by atoms with Gasteiger partial charge >= 0.3 is 0 Å². The van der Waals surface area contributed by atoms with Crippen LogP contribution in [0.15, 0.2) is 18.2 Å². The Labute approximate surface area is 110 Å². The number of ether oxygens (including phenoxy) is 1. The van der Waals surface area contributed by atoms with E-state index in [1.807, 2.05) is 25.1 Å². The zero-order valence-electron chi connectivity index (χ0n) is 11.5. The van der Waals surface area contributed by atoms with Crippen molar-refractivity contribution in [3.63, 3.8) is 0 Å². The van der Waals surface area contributed by atoms with Crippen LogP contribution in [0.25, 0.3) is 0 Å². The molecule has 1 heterocycles. The zero-order chi connectivity index (χ0) is 12.8. The average Bonchev–Trinajstić information content (AvgIpc) is 2.37. The molecule has 1 aromatic rings. The van der Waals surface area contributed by atoms with E-state index in [1.165, 1.54) is 25.7 Å². The van der Waals surface area contributed by atoms with Gasteiger partial charge in [-0.2, -0.15) is 0 Å². The van der Waals surface area contributed by atoms with Crippen molar-refractivity contribution in [2.45, 2.75) is 45.6 Å². The lowest BCUT2D eigenvalue weighted by Gasteiger charge is -2.28. The standard InChI is InChI=1S/C15H24N2O/c1-12-6-3-4-8-14(12)18-11-10-16-15-9-5-7-13(2)17-15/h5,7,9,12,14H,3-4,6,8,10-11H2,1-2H3,(H,16,17). The summed E-state index contributed by atoms with van der Waals surface area (Å²) >= 11 is 0. The van der Waals surface area contributed by atoms with Crippen molar-refractivity contribution in [1.82, 2.24) is 4.98 Å². The smallest absolute Gasteiger partial charge is 0.126 e. The van der Waals surface area contributed by atoms with E-state index in [2.05, 4.69) is 17.2 Å². The van der Waals surface area contributed by atoms with Crippen molar-refractivity contribution in [3.05, 3.63) is 23.9 Å². The van der Waals surface area contributed by atoms with Gasteiger partial charge in [-0.25, -0.2) is 4.98 Å². The molecule has 0 spiro atoms. The molecule has 1 N–H and O–H groups in total. The summed E-state index contributed by atoms with van der Waals surface area (Å²) in [5.74, 6) is 1.66. The number of rotatable bonds is 5. The first-order valence-corrected chi connectivity index (χ1v) is 7.05. The Kier molecular flexibility index (Phi) is 5.00. The maximum Gasteiger partial charge on any atom is 0.126 e. The third-order valence-corrected chi connectivity index (χ3v) is 3.66. The van der Waals surface area contributed by atoms with Gasteiger partial charge in [0.05, 0.1) is 12.7 Å². The quantitative estimate of drug-likeness (QED) is 0.811. The van der Waals surface area contributed by atoms with Crippen LogP contribution < -0.4 is 5.32 Å². The van der Waals surface area contributed by atoms with Crippen LogP contribution in [-0.2, 0) is 4.74 Å². The lowest BCUT2D eigenvalue weighted by molar-refractivity contribution is 0.000372. The highest BCUT2D eigenvalue weighted by molar-refractivity contribution is 5.34. The molecule has 100 valence electrons. The molecular weight excluding hydrogens is 224 g/mol.